The number of nitrogens with one attached hydrogen (secondary N) is 1. The van der Waals surface area contributed by atoms with Crippen molar-refractivity contribution in [1.82, 2.24) is 5.32 Å². The van der Waals surface area contributed by atoms with Crippen LogP contribution < -0.4 is 5.32 Å². The second-order valence-corrected chi connectivity index (χ2v) is 7.60. The van der Waals surface area contributed by atoms with Crippen LogP contribution in [0.4, 0.5) is 0 Å². The largest absolute Gasteiger partial charge is 0.377 e. The van der Waals surface area contributed by atoms with Gasteiger partial charge >= 0.3 is 0 Å². The van der Waals surface area contributed by atoms with Crippen molar-refractivity contribution in [2.75, 3.05) is 13.2 Å². The molecule has 0 bridgehead atoms. The van der Waals surface area contributed by atoms with Gasteiger partial charge in [-0.1, -0.05) is 41.5 Å². The van der Waals surface area contributed by atoms with E-state index in [9.17, 15) is 0 Å². The maximum Gasteiger partial charge on any atom is 0.0628 e. The molecular formula is C17H35NO. The van der Waals surface area contributed by atoms with Crippen LogP contribution in [0.3, 0.4) is 0 Å². The smallest absolute Gasteiger partial charge is 0.0628 e. The van der Waals surface area contributed by atoms with Crippen molar-refractivity contribution in [2.24, 2.45) is 17.3 Å². The van der Waals surface area contributed by atoms with Crippen LogP contribution in [-0.2, 0) is 4.74 Å². The lowest BCUT2D eigenvalue weighted by Gasteiger charge is -2.36. The summed E-state index contributed by atoms with van der Waals surface area (Å²) in [6.45, 7) is 15.8. The summed E-state index contributed by atoms with van der Waals surface area (Å²) in [4.78, 5) is 0. The molecule has 0 radical (unpaired) electrons. The highest BCUT2D eigenvalue weighted by Gasteiger charge is 2.28. The molecule has 1 rings (SSSR count). The molecule has 0 heterocycles. The molecule has 0 amide bonds. The fourth-order valence-electron chi connectivity index (χ4n) is 2.82. The number of ether oxygens (including phenoxy) is 1. The molecule has 0 aromatic carbocycles. The van der Waals surface area contributed by atoms with Gasteiger partial charge in [0.1, 0.15) is 0 Å². The lowest BCUT2D eigenvalue weighted by molar-refractivity contribution is -0.0207. The van der Waals surface area contributed by atoms with E-state index in [-0.39, 0.29) is 5.41 Å². The molecule has 114 valence electrons. The zero-order valence-corrected chi connectivity index (χ0v) is 14.0. The van der Waals surface area contributed by atoms with Crippen LogP contribution in [0.2, 0.25) is 0 Å². The van der Waals surface area contributed by atoms with Crippen molar-refractivity contribution in [2.45, 2.75) is 79.4 Å². The maximum absolute atomic E-state index is 6.22. The molecule has 1 N–H and O–H groups in total. The molecule has 19 heavy (non-hydrogen) atoms. The van der Waals surface area contributed by atoms with Crippen molar-refractivity contribution in [3.05, 3.63) is 0 Å². The predicted octanol–water partition coefficient (Wildman–Crippen LogP) is 4.24. The van der Waals surface area contributed by atoms with Crippen molar-refractivity contribution in [1.29, 1.82) is 0 Å². The minimum Gasteiger partial charge on any atom is -0.377 e. The summed E-state index contributed by atoms with van der Waals surface area (Å²) in [7, 11) is 0. The fourth-order valence-corrected chi connectivity index (χ4v) is 2.82. The second-order valence-electron chi connectivity index (χ2n) is 7.60. The van der Waals surface area contributed by atoms with Gasteiger partial charge in [0.2, 0.25) is 0 Å². The minimum atomic E-state index is 0.267. The van der Waals surface area contributed by atoms with Crippen molar-refractivity contribution >= 4 is 0 Å². The Morgan fingerprint density at radius 3 is 2.37 bits per heavy atom. The molecule has 4 atom stereocenters. The Bertz CT molecular complexity index is 246. The molecule has 1 aliphatic rings. The lowest BCUT2D eigenvalue weighted by Crippen LogP contribution is -2.45. The van der Waals surface area contributed by atoms with Crippen LogP contribution in [0.5, 0.6) is 0 Å². The van der Waals surface area contributed by atoms with Crippen LogP contribution in [0.15, 0.2) is 0 Å². The Balaban J connectivity index is 2.39. The molecule has 1 aliphatic carbocycles. The molecule has 0 saturated heterocycles. The molecule has 2 heteroatoms. The Labute approximate surface area is 120 Å². The van der Waals surface area contributed by atoms with Gasteiger partial charge < -0.3 is 10.1 Å². The molecule has 0 aromatic rings. The van der Waals surface area contributed by atoms with Gasteiger partial charge in [-0.2, -0.15) is 0 Å². The fraction of sp³-hybridized carbons (Fsp3) is 1.00. The molecule has 4 unspecified atom stereocenters. The van der Waals surface area contributed by atoms with Gasteiger partial charge in [-0.3, -0.25) is 0 Å². The quantitative estimate of drug-likeness (QED) is 0.778. The first-order chi connectivity index (χ1) is 8.84. The molecule has 2 nitrogen and oxygen atoms in total. The minimum absolute atomic E-state index is 0.267. The van der Waals surface area contributed by atoms with Crippen molar-refractivity contribution < 1.29 is 4.74 Å². The Hall–Kier alpha value is -0.0800. The highest BCUT2D eigenvalue weighted by Crippen LogP contribution is 2.31. The normalized spacial score (nSPS) is 30.3. The van der Waals surface area contributed by atoms with Gasteiger partial charge in [0.25, 0.3) is 0 Å². The molecule has 0 aliphatic heterocycles. The third kappa shape index (κ3) is 5.83. The highest BCUT2D eigenvalue weighted by molar-refractivity contribution is 4.82. The monoisotopic (exact) mass is 269 g/mol. The summed E-state index contributed by atoms with van der Waals surface area (Å²) in [5, 5.41) is 3.64. The van der Waals surface area contributed by atoms with Crippen LogP contribution >= 0.6 is 0 Å². The SMILES string of the molecule is CCCNC(COC1CCC(C)C(C)C1)C(C)(C)C. The van der Waals surface area contributed by atoms with Crippen molar-refractivity contribution in [3.8, 4) is 0 Å². The maximum atomic E-state index is 6.22. The Morgan fingerprint density at radius 2 is 1.84 bits per heavy atom. The summed E-state index contributed by atoms with van der Waals surface area (Å²) in [6, 6.07) is 0.460. The lowest BCUT2D eigenvalue weighted by atomic mass is 9.80. The first kappa shape index (κ1) is 17.0. The zero-order chi connectivity index (χ0) is 14.5. The third-order valence-corrected chi connectivity index (χ3v) is 4.73. The van der Waals surface area contributed by atoms with E-state index >= 15 is 0 Å². The van der Waals surface area contributed by atoms with E-state index in [1.165, 1.54) is 25.7 Å². The van der Waals surface area contributed by atoms with Crippen LogP contribution in [0.25, 0.3) is 0 Å². The van der Waals surface area contributed by atoms with E-state index in [4.69, 9.17) is 4.74 Å². The molecule has 0 spiro atoms. The van der Waals surface area contributed by atoms with E-state index in [0.29, 0.717) is 12.1 Å². The molecular weight excluding hydrogens is 234 g/mol. The Morgan fingerprint density at radius 1 is 1.16 bits per heavy atom. The van der Waals surface area contributed by atoms with Gasteiger partial charge in [0.15, 0.2) is 0 Å². The van der Waals surface area contributed by atoms with Gasteiger partial charge in [-0.15, -0.1) is 0 Å². The predicted molar refractivity (Wildman–Crippen MR) is 83.5 cm³/mol. The number of hydrogen-bond acceptors (Lipinski definition) is 2. The highest BCUT2D eigenvalue weighted by atomic mass is 16.5. The second kappa shape index (κ2) is 7.64. The van der Waals surface area contributed by atoms with Crippen LogP contribution in [-0.4, -0.2) is 25.3 Å². The average Bonchev–Trinajstić information content (AvgIpc) is 2.32. The Kier molecular flexibility index (Phi) is 6.82. The summed E-state index contributed by atoms with van der Waals surface area (Å²) < 4.78 is 6.22. The third-order valence-electron chi connectivity index (χ3n) is 4.73. The zero-order valence-electron chi connectivity index (χ0n) is 14.0. The topological polar surface area (TPSA) is 21.3 Å². The summed E-state index contributed by atoms with van der Waals surface area (Å²) in [5.74, 6) is 1.69. The van der Waals surface area contributed by atoms with E-state index in [0.717, 1.165) is 25.0 Å². The first-order valence-corrected chi connectivity index (χ1v) is 8.19. The van der Waals surface area contributed by atoms with E-state index in [1.807, 2.05) is 0 Å². The average molecular weight is 269 g/mol. The number of rotatable bonds is 6. The van der Waals surface area contributed by atoms with Gasteiger partial charge in [-0.25, -0.2) is 0 Å². The summed E-state index contributed by atoms with van der Waals surface area (Å²) in [6.07, 6.45) is 5.49. The number of hydrogen-bond donors (Lipinski definition) is 1. The van der Waals surface area contributed by atoms with Crippen LogP contribution in [0, 0.1) is 17.3 Å². The first-order valence-electron chi connectivity index (χ1n) is 8.19. The van der Waals surface area contributed by atoms with Gasteiger partial charge in [-0.05, 0) is 49.5 Å². The van der Waals surface area contributed by atoms with E-state index in [2.05, 4.69) is 46.9 Å². The molecule has 0 aromatic heterocycles. The standard InChI is InChI=1S/C17H35NO/c1-7-10-18-16(17(4,5)6)12-19-15-9-8-13(2)14(3)11-15/h13-16,18H,7-12H2,1-6H3. The molecule has 1 fully saturated rings. The van der Waals surface area contributed by atoms with Crippen molar-refractivity contribution in [3.63, 3.8) is 0 Å². The van der Waals surface area contributed by atoms with Gasteiger partial charge in [0, 0.05) is 6.04 Å². The van der Waals surface area contributed by atoms with Gasteiger partial charge in [0.05, 0.1) is 12.7 Å². The summed E-state index contributed by atoms with van der Waals surface area (Å²) in [5.41, 5.74) is 0.267. The van der Waals surface area contributed by atoms with E-state index in [1.54, 1.807) is 0 Å². The summed E-state index contributed by atoms with van der Waals surface area (Å²) >= 11 is 0. The molecule has 1 saturated carbocycles. The van der Waals surface area contributed by atoms with Crippen LogP contribution in [0.1, 0.15) is 67.2 Å². The van der Waals surface area contributed by atoms with E-state index < -0.39 is 0 Å².